The molecular formula is C5H5NO3. The van der Waals surface area contributed by atoms with Crippen LogP contribution in [0.15, 0.2) is 17.6 Å². The van der Waals surface area contributed by atoms with Crippen LogP contribution in [0.2, 0.25) is 0 Å². The molecule has 0 aliphatic carbocycles. The third-order valence-corrected chi connectivity index (χ3v) is 0.631. The number of aliphatic hydroxyl groups is 1. The first-order valence-electron chi connectivity index (χ1n) is 2.13. The number of hydrogen-bond acceptors (Lipinski definition) is 4. The summed E-state index contributed by atoms with van der Waals surface area (Å²) in [5, 5.41) is 8.47. The number of ketones is 1. The molecule has 1 N–H and O–H groups in total. The van der Waals surface area contributed by atoms with E-state index in [0.29, 0.717) is 0 Å². The first-order valence-corrected chi connectivity index (χ1v) is 2.13. The van der Waals surface area contributed by atoms with Crippen LogP contribution < -0.4 is 0 Å². The van der Waals surface area contributed by atoms with Gasteiger partial charge in [0.15, 0.2) is 0 Å². The molecule has 0 aromatic heterocycles. The fourth-order valence-electron chi connectivity index (χ4n) is 0.219. The molecule has 0 fully saturated rings. The van der Waals surface area contributed by atoms with Gasteiger partial charge < -0.3 is 5.11 Å². The highest BCUT2D eigenvalue weighted by atomic mass is 16.3. The van der Waals surface area contributed by atoms with Crippen LogP contribution in [0.1, 0.15) is 0 Å². The summed E-state index contributed by atoms with van der Waals surface area (Å²) in [6.07, 6.45) is 0.295. The standard InChI is InChI=1S/C5H5NO3/c1-2-4(8)5(9)6-3-7/h2,5,9H,1H2. The van der Waals surface area contributed by atoms with E-state index in [2.05, 4.69) is 11.6 Å². The summed E-state index contributed by atoms with van der Waals surface area (Å²) in [5.41, 5.74) is 0. The van der Waals surface area contributed by atoms with Crippen molar-refractivity contribution >= 4 is 11.9 Å². The molecule has 0 aromatic carbocycles. The zero-order chi connectivity index (χ0) is 7.28. The smallest absolute Gasteiger partial charge is 0.238 e. The van der Waals surface area contributed by atoms with E-state index in [9.17, 15) is 9.59 Å². The Balaban J connectivity index is 4.02. The van der Waals surface area contributed by atoms with Crippen molar-refractivity contribution in [2.75, 3.05) is 0 Å². The summed E-state index contributed by atoms with van der Waals surface area (Å²) in [7, 11) is 0. The van der Waals surface area contributed by atoms with Gasteiger partial charge in [0.05, 0.1) is 0 Å². The predicted octanol–water partition coefficient (Wildman–Crippen LogP) is -0.604. The van der Waals surface area contributed by atoms with Gasteiger partial charge in [-0.15, -0.1) is 0 Å². The van der Waals surface area contributed by atoms with E-state index in [1.54, 1.807) is 0 Å². The maximum Gasteiger partial charge on any atom is 0.238 e. The Bertz CT molecular complexity index is 169. The van der Waals surface area contributed by atoms with Crippen molar-refractivity contribution in [3.8, 4) is 0 Å². The van der Waals surface area contributed by atoms with Crippen LogP contribution in [0, 0.1) is 0 Å². The van der Waals surface area contributed by atoms with Gasteiger partial charge in [-0.1, -0.05) is 6.58 Å². The zero-order valence-corrected chi connectivity index (χ0v) is 4.57. The summed E-state index contributed by atoms with van der Waals surface area (Å²) in [4.78, 5) is 22.4. The number of carbonyl (C=O) groups excluding carboxylic acids is 2. The lowest BCUT2D eigenvalue weighted by molar-refractivity contribution is -0.121. The average molecular weight is 127 g/mol. The van der Waals surface area contributed by atoms with Crippen LogP contribution in [0.4, 0.5) is 0 Å². The fraction of sp³-hybridized carbons (Fsp3) is 0.200. The summed E-state index contributed by atoms with van der Waals surface area (Å²) >= 11 is 0. The van der Waals surface area contributed by atoms with Crippen molar-refractivity contribution in [3.63, 3.8) is 0 Å². The molecular weight excluding hydrogens is 122 g/mol. The lowest BCUT2D eigenvalue weighted by Gasteiger charge is -1.92. The van der Waals surface area contributed by atoms with Crippen LogP contribution in [0.3, 0.4) is 0 Å². The Morgan fingerprint density at radius 3 is 2.78 bits per heavy atom. The quantitative estimate of drug-likeness (QED) is 0.312. The van der Waals surface area contributed by atoms with Crippen molar-refractivity contribution in [2.24, 2.45) is 4.99 Å². The van der Waals surface area contributed by atoms with Gasteiger partial charge >= 0.3 is 0 Å². The molecule has 0 radical (unpaired) electrons. The number of rotatable bonds is 3. The number of aliphatic hydroxyl groups excluding tert-OH is 1. The van der Waals surface area contributed by atoms with Gasteiger partial charge in [0, 0.05) is 0 Å². The molecule has 4 heteroatoms. The Labute approximate surface area is 51.5 Å². The van der Waals surface area contributed by atoms with Gasteiger partial charge in [0.2, 0.25) is 18.1 Å². The molecule has 0 aliphatic rings. The maximum absolute atomic E-state index is 10.3. The average Bonchev–Trinajstić information content (AvgIpc) is 1.87. The minimum Gasteiger partial charge on any atom is -0.365 e. The van der Waals surface area contributed by atoms with Crippen LogP contribution in [0.5, 0.6) is 0 Å². The van der Waals surface area contributed by atoms with E-state index in [0.717, 1.165) is 12.2 Å². The normalized spacial score (nSPS) is 11.2. The van der Waals surface area contributed by atoms with Crippen molar-refractivity contribution in [3.05, 3.63) is 12.7 Å². The molecule has 1 atom stereocenters. The molecule has 0 saturated carbocycles. The molecule has 4 nitrogen and oxygen atoms in total. The molecule has 0 saturated heterocycles. The van der Waals surface area contributed by atoms with Crippen LogP contribution in [0.25, 0.3) is 0 Å². The predicted molar refractivity (Wildman–Crippen MR) is 29.3 cm³/mol. The molecule has 0 bridgehead atoms. The van der Waals surface area contributed by atoms with Gasteiger partial charge in [-0.25, -0.2) is 4.79 Å². The Morgan fingerprint density at radius 1 is 1.89 bits per heavy atom. The Kier molecular flexibility index (Phi) is 3.20. The van der Waals surface area contributed by atoms with E-state index in [1.807, 2.05) is 0 Å². The van der Waals surface area contributed by atoms with Crippen molar-refractivity contribution in [1.29, 1.82) is 0 Å². The maximum atomic E-state index is 10.3. The second-order valence-electron chi connectivity index (χ2n) is 1.20. The highest BCUT2D eigenvalue weighted by Gasteiger charge is 2.06. The molecule has 0 spiro atoms. The van der Waals surface area contributed by atoms with E-state index in [-0.39, 0.29) is 0 Å². The molecule has 0 amide bonds. The molecule has 0 rings (SSSR count). The summed E-state index contributed by atoms with van der Waals surface area (Å²) < 4.78 is 0. The minimum atomic E-state index is -1.62. The molecule has 48 valence electrons. The number of isocyanates is 1. The van der Waals surface area contributed by atoms with E-state index in [1.165, 1.54) is 0 Å². The molecule has 0 aromatic rings. The second-order valence-corrected chi connectivity index (χ2v) is 1.20. The van der Waals surface area contributed by atoms with E-state index < -0.39 is 12.0 Å². The molecule has 0 aliphatic heterocycles. The van der Waals surface area contributed by atoms with E-state index >= 15 is 0 Å². The molecule has 0 heterocycles. The number of nitrogens with zero attached hydrogens (tertiary/aromatic N) is 1. The fourth-order valence-corrected chi connectivity index (χ4v) is 0.219. The van der Waals surface area contributed by atoms with Crippen LogP contribution >= 0.6 is 0 Å². The van der Waals surface area contributed by atoms with Crippen molar-refractivity contribution in [2.45, 2.75) is 6.23 Å². The van der Waals surface area contributed by atoms with Gasteiger partial charge in [-0.3, -0.25) is 4.79 Å². The summed E-state index contributed by atoms with van der Waals surface area (Å²) in [6, 6.07) is 0. The van der Waals surface area contributed by atoms with Crippen molar-refractivity contribution in [1.82, 2.24) is 0 Å². The first-order chi connectivity index (χ1) is 4.22. The van der Waals surface area contributed by atoms with Crippen molar-refractivity contribution < 1.29 is 14.7 Å². The van der Waals surface area contributed by atoms with Gasteiger partial charge in [0.25, 0.3) is 0 Å². The highest BCUT2D eigenvalue weighted by Crippen LogP contribution is 1.85. The summed E-state index contributed by atoms with van der Waals surface area (Å²) in [6.45, 7) is 3.06. The molecule has 9 heavy (non-hydrogen) atoms. The van der Waals surface area contributed by atoms with Gasteiger partial charge in [-0.2, -0.15) is 4.99 Å². The Hall–Kier alpha value is -1.25. The monoisotopic (exact) mass is 127 g/mol. The van der Waals surface area contributed by atoms with Crippen LogP contribution in [-0.4, -0.2) is 23.2 Å². The van der Waals surface area contributed by atoms with Gasteiger partial charge in [-0.05, 0) is 6.08 Å². The number of carbonyl (C=O) groups is 1. The second kappa shape index (κ2) is 3.72. The van der Waals surface area contributed by atoms with Crippen LogP contribution in [-0.2, 0) is 9.59 Å². The number of aliphatic imine (C=N–C) groups is 1. The van der Waals surface area contributed by atoms with E-state index in [4.69, 9.17) is 5.11 Å². The third kappa shape index (κ3) is 2.54. The minimum absolute atomic E-state index is 0.710. The zero-order valence-electron chi connectivity index (χ0n) is 4.57. The summed E-state index contributed by atoms with van der Waals surface area (Å²) in [5.74, 6) is -0.710. The van der Waals surface area contributed by atoms with Gasteiger partial charge in [0.1, 0.15) is 0 Å². The highest BCUT2D eigenvalue weighted by molar-refractivity contribution is 5.92. The SMILES string of the molecule is C=CC(=O)C(O)N=C=O. The topological polar surface area (TPSA) is 66.7 Å². The first kappa shape index (κ1) is 7.75. The Morgan fingerprint density at radius 2 is 2.44 bits per heavy atom. The third-order valence-electron chi connectivity index (χ3n) is 0.631. The lowest BCUT2D eigenvalue weighted by Crippen LogP contribution is -2.13. The lowest BCUT2D eigenvalue weighted by atomic mass is 10.3. The number of hydrogen-bond donors (Lipinski definition) is 1. The molecule has 1 unspecified atom stereocenters. The largest absolute Gasteiger partial charge is 0.365 e.